The molecule has 1 amide bonds. The lowest BCUT2D eigenvalue weighted by atomic mass is 9.82. The number of benzene rings is 1. The van der Waals surface area contributed by atoms with Crippen molar-refractivity contribution in [1.29, 1.82) is 0 Å². The molecule has 0 radical (unpaired) electrons. The Morgan fingerprint density at radius 1 is 1.17 bits per heavy atom. The number of halogens is 1. The lowest BCUT2D eigenvalue weighted by Gasteiger charge is -2.41. The summed E-state index contributed by atoms with van der Waals surface area (Å²) in [6.07, 6.45) is 6.63. The summed E-state index contributed by atoms with van der Waals surface area (Å²) in [6, 6.07) is 5.29. The van der Waals surface area contributed by atoms with Crippen LogP contribution in [-0.4, -0.2) is 63.4 Å². The second-order valence-corrected chi connectivity index (χ2v) is 11.3. The fraction of sp³-hybridized carbons (Fsp3) is 0.667. The highest BCUT2D eigenvalue weighted by atomic mass is 79.9. The van der Waals surface area contributed by atoms with Crippen molar-refractivity contribution in [2.75, 3.05) is 26.0 Å². The number of fused-ring (bicyclic) bond motifs is 5. The first-order chi connectivity index (χ1) is 14.3. The molecule has 0 spiro atoms. The fourth-order valence-corrected chi connectivity index (χ4v) is 6.16. The number of sulfonamides is 1. The Morgan fingerprint density at radius 2 is 1.93 bits per heavy atom. The number of hydrogen-bond donors (Lipinski definition) is 1. The SMILES string of the molecule is CS(=O)(=O)N[C@H]1CCCN2C(=O)COc3ccc(Br)cc3[C@H]3CC[C@H](CC3)OC[C@@H]12. The Hall–Kier alpha value is -1.16. The number of ether oxygens (including phenoxy) is 2. The molecule has 0 unspecified atom stereocenters. The van der Waals surface area contributed by atoms with Crippen molar-refractivity contribution in [2.24, 2.45) is 0 Å². The molecule has 2 atom stereocenters. The molecule has 0 aromatic heterocycles. The fourth-order valence-electron chi connectivity index (χ4n) is 4.95. The summed E-state index contributed by atoms with van der Waals surface area (Å²) in [5, 5.41) is 0. The molecule has 3 heterocycles. The number of amides is 1. The van der Waals surface area contributed by atoms with Gasteiger partial charge in [0.25, 0.3) is 5.91 Å². The van der Waals surface area contributed by atoms with Crippen LogP contribution in [0, 0.1) is 0 Å². The summed E-state index contributed by atoms with van der Waals surface area (Å²) in [5.41, 5.74) is 1.14. The van der Waals surface area contributed by atoms with E-state index in [1.165, 1.54) is 0 Å². The third kappa shape index (κ3) is 5.18. The van der Waals surface area contributed by atoms with Crippen LogP contribution in [0.2, 0.25) is 0 Å². The van der Waals surface area contributed by atoms with E-state index in [0.29, 0.717) is 25.5 Å². The Bertz CT molecular complexity index is 885. The maximum atomic E-state index is 13.1. The normalized spacial score (nSPS) is 30.3. The molecule has 1 aliphatic carbocycles. The maximum Gasteiger partial charge on any atom is 0.260 e. The highest BCUT2D eigenvalue weighted by Crippen LogP contribution is 2.40. The zero-order valence-corrected chi connectivity index (χ0v) is 19.6. The molecule has 7 nitrogen and oxygen atoms in total. The van der Waals surface area contributed by atoms with Crippen LogP contribution in [0.3, 0.4) is 0 Å². The number of rotatable bonds is 2. The summed E-state index contributed by atoms with van der Waals surface area (Å²) >= 11 is 3.56. The highest BCUT2D eigenvalue weighted by Gasteiger charge is 2.37. The summed E-state index contributed by atoms with van der Waals surface area (Å²) in [4.78, 5) is 14.8. The molecule has 1 saturated heterocycles. The number of nitrogens with one attached hydrogen (secondary N) is 1. The van der Waals surface area contributed by atoms with Crippen LogP contribution >= 0.6 is 15.9 Å². The van der Waals surface area contributed by atoms with Crippen LogP contribution in [0.25, 0.3) is 0 Å². The quantitative estimate of drug-likeness (QED) is 0.674. The summed E-state index contributed by atoms with van der Waals surface area (Å²) in [6.45, 7) is 0.859. The Kier molecular flexibility index (Phi) is 6.72. The first kappa shape index (κ1) is 22.0. The Morgan fingerprint density at radius 3 is 2.67 bits per heavy atom. The van der Waals surface area contributed by atoms with E-state index in [-0.39, 0.29) is 30.7 Å². The molecule has 166 valence electrons. The lowest BCUT2D eigenvalue weighted by molar-refractivity contribution is -0.140. The predicted octanol–water partition coefficient (Wildman–Crippen LogP) is 2.79. The van der Waals surface area contributed by atoms with Crippen LogP contribution in [0.4, 0.5) is 0 Å². The second kappa shape index (κ2) is 9.14. The molecule has 1 saturated carbocycles. The monoisotopic (exact) mass is 500 g/mol. The van der Waals surface area contributed by atoms with E-state index in [1.54, 1.807) is 4.90 Å². The molecule has 30 heavy (non-hydrogen) atoms. The van der Waals surface area contributed by atoms with Crippen LogP contribution in [0.1, 0.15) is 50.0 Å². The van der Waals surface area contributed by atoms with E-state index in [9.17, 15) is 13.2 Å². The maximum absolute atomic E-state index is 13.1. The molecular formula is C21H29BrN2O5S. The van der Waals surface area contributed by atoms with Gasteiger partial charge >= 0.3 is 0 Å². The van der Waals surface area contributed by atoms with E-state index in [0.717, 1.165) is 54.1 Å². The van der Waals surface area contributed by atoms with Gasteiger partial charge in [-0.1, -0.05) is 15.9 Å². The van der Waals surface area contributed by atoms with Gasteiger partial charge in [0.1, 0.15) is 5.75 Å². The average Bonchev–Trinajstić information content (AvgIpc) is 2.71. The highest BCUT2D eigenvalue weighted by molar-refractivity contribution is 9.10. The molecule has 1 aromatic carbocycles. The van der Waals surface area contributed by atoms with Crippen molar-refractivity contribution >= 4 is 31.9 Å². The number of carbonyl (C=O) groups excluding carboxylic acids is 1. The second-order valence-electron chi connectivity index (χ2n) is 8.57. The molecule has 2 fully saturated rings. The molecule has 3 aliphatic heterocycles. The van der Waals surface area contributed by atoms with E-state index in [1.807, 2.05) is 12.1 Å². The smallest absolute Gasteiger partial charge is 0.260 e. The van der Waals surface area contributed by atoms with Crippen molar-refractivity contribution in [2.45, 2.75) is 62.6 Å². The largest absolute Gasteiger partial charge is 0.483 e. The predicted molar refractivity (Wildman–Crippen MR) is 117 cm³/mol. The summed E-state index contributed by atoms with van der Waals surface area (Å²) in [5.74, 6) is 1.01. The van der Waals surface area contributed by atoms with Gasteiger partial charge in [-0.05, 0) is 68.2 Å². The Labute approximate surface area is 186 Å². The first-order valence-corrected chi connectivity index (χ1v) is 13.3. The van der Waals surface area contributed by atoms with Gasteiger partial charge in [-0.2, -0.15) is 0 Å². The van der Waals surface area contributed by atoms with Crippen molar-refractivity contribution < 1.29 is 22.7 Å². The van der Waals surface area contributed by atoms with Gasteiger partial charge in [0.2, 0.25) is 10.0 Å². The molecule has 9 heteroatoms. The van der Waals surface area contributed by atoms with Gasteiger partial charge in [0.05, 0.1) is 25.0 Å². The van der Waals surface area contributed by atoms with Crippen LogP contribution < -0.4 is 9.46 Å². The topological polar surface area (TPSA) is 84.9 Å². The zero-order valence-electron chi connectivity index (χ0n) is 17.2. The number of nitrogens with zero attached hydrogens (tertiary/aromatic N) is 1. The molecule has 2 bridgehead atoms. The van der Waals surface area contributed by atoms with Crippen LogP contribution in [0.5, 0.6) is 5.75 Å². The third-order valence-electron chi connectivity index (χ3n) is 6.40. The number of carbonyl (C=O) groups is 1. The number of piperidine rings is 1. The van der Waals surface area contributed by atoms with Gasteiger partial charge in [-0.3, -0.25) is 4.79 Å². The van der Waals surface area contributed by atoms with Crippen LogP contribution in [-0.2, 0) is 19.6 Å². The van der Waals surface area contributed by atoms with Crippen molar-refractivity contribution in [3.05, 3.63) is 28.2 Å². The summed E-state index contributed by atoms with van der Waals surface area (Å²) < 4.78 is 39.7. The standard InChI is InChI=1S/C21H29BrN2O5S/c1-30(26,27)23-18-3-2-10-24-19(18)12-28-16-7-4-14(5-8-16)17-11-15(22)6-9-20(17)29-13-21(24)25/h6,9,11,14,16,18-19,23H,2-5,7-8,10,12-13H2,1H3/t14-,16+,18-,19-/m0/s1. The summed E-state index contributed by atoms with van der Waals surface area (Å²) in [7, 11) is -3.38. The van der Waals surface area contributed by atoms with Gasteiger partial charge in [-0.15, -0.1) is 0 Å². The van der Waals surface area contributed by atoms with Gasteiger partial charge in [0, 0.05) is 17.1 Å². The van der Waals surface area contributed by atoms with Crippen molar-refractivity contribution in [1.82, 2.24) is 9.62 Å². The lowest BCUT2D eigenvalue weighted by Crippen LogP contribution is -2.59. The molecule has 4 aliphatic rings. The molecule has 5 rings (SSSR count). The van der Waals surface area contributed by atoms with Crippen molar-refractivity contribution in [3.63, 3.8) is 0 Å². The van der Waals surface area contributed by atoms with E-state index < -0.39 is 10.0 Å². The van der Waals surface area contributed by atoms with E-state index in [2.05, 4.69) is 26.7 Å². The average molecular weight is 501 g/mol. The van der Waals surface area contributed by atoms with E-state index in [4.69, 9.17) is 9.47 Å². The minimum atomic E-state index is -3.38. The first-order valence-electron chi connectivity index (χ1n) is 10.6. The van der Waals surface area contributed by atoms with Gasteiger partial charge in [-0.25, -0.2) is 13.1 Å². The minimum absolute atomic E-state index is 0.0626. The van der Waals surface area contributed by atoms with Gasteiger partial charge in [0.15, 0.2) is 6.61 Å². The third-order valence-corrected chi connectivity index (χ3v) is 7.63. The van der Waals surface area contributed by atoms with Crippen LogP contribution in [0.15, 0.2) is 22.7 Å². The molecule has 1 aromatic rings. The zero-order chi connectivity index (χ0) is 21.3. The Balaban J connectivity index is 1.62. The molecule has 1 N–H and O–H groups in total. The van der Waals surface area contributed by atoms with Gasteiger partial charge < -0.3 is 14.4 Å². The minimum Gasteiger partial charge on any atom is -0.483 e. The number of hydrogen-bond acceptors (Lipinski definition) is 5. The van der Waals surface area contributed by atoms with Crippen molar-refractivity contribution in [3.8, 4) is 5.75 Å². The molecular weight excluding hydrogens is 472 g/mol. The van der Waals surface area contributed by atoms with E-state index >= 15 is 0 Å².